The van der Waals surface area contributed by atoms with Crippen LogP contribution < -0.4 is 14.8 Å². The van der Waals surface area contributed by atoms with Crippen LogP contribution in [0, 0.1) is 5.92 Å². The van der Waals surface area contributed by atoms with Crippen LogP contribution in [0.25, 0.3) is 0 Å². The maximum atomic E-state index is 13.1. The smallest absolute Gasteiger partial charge is 0.251 e. The first-order chi connectivity index (χ1) is 13.8. The van der Waals surface area contributed by atoms with Gasteiger partial charge in [0, 0.05) is 16.5 Å². The van der Waals surface area contributed by atoms with Crippen LogP contribution in [0.4, 0.5) is 0 Å². The molecule has 1 aliphatic rings. The molecule has 8 heteroatoms. The van der Waals surface area contributed by atoms with Crippen LogP contribution in [0.5, 0.6) is 5.75 Å². The van der Waals surface area contributed by atoms with Crippen LogP contribution in [0.3, 0.4) is 0 Å². The van der Waals surface area contributed by atoms with Gasteiger partial charge >= 0.3 is 0 Å². The number of hydrogen-bond acceptors (Lipinski definition) is 5. The van der Waals surface area contributed by atoms with Gasteiger partial charge in [0.1, 0.15) is 10.6 Å². The Morgan fingerprint density at radius 3 is 2.66 bits per heavy atom. The van der Waals surface area contributed by atoms with Gasteiger partial charge in [-0.1, -0.05) is 25.8 Å². The zero-order chi connectivity index (χ0) is 21.0. The molecule has 2 N–H and O–H groups in total. The standard InChI is InChI=1S/C21H28N2O4S2/c1-14-7-4-5-8-17(14)23-29(25,26)20-13-16(10-11-18(20)27-3)21(24)22-15(2)19-9-6-12-28-19/h6,9-15,17,23H,4-5,7-8H2,1-3H3,(H,22,24). The molecule has 0 saturated heterocycles. The van der Waals surface area contributed by atoms with Crippen molar-refractivity contribution < 1.29 is 17.9 Å². The minimum atomic E-state index is -3.82. The number of sulfonamides is 1. The maximum Gasteiger partial charge on any atom is 0.251 e. The molecule has 1 amide bonds. The van der Waals surface area contributed by atoms with Crippen LogP contribution in [0.2, 0.25) is 0 Å². The lowest BCUT2D eigenvalue weighted by Crippen LogP contribution is -2.41. The van der Waals surface area contributed by atoms with Crippen molar-refractivity contribution in [3.05, 3.63) is 46.2 Å². The third kappa shape index (κ3) is 5.18. The summed E-state index contributed by atoms with van der Waals surface area (Å²) in [5.41, 5.74) is 0.284. The highest BCUT2D eigenvalue weighted by Gasteiger charge is 2.29. The number of amides is 1. The van der Waals surface area contributed by atoms with Gasteiger partial charge in [-0.2, -0.15) is 0 Å². The van der Waals surface area contributed by atoms with Gasteiger partial charge in [-0.3, -0.25) is 4.79 Å². The van der Waals surface area contributed by atoms with Gasteiger partial charge in [0.15, 0.2) is 0 Å². The number of hydrogen-bond donors (Lipinski definition) is 2. The van der Waals surface area contributed by atoms with Gasteiger partial charge in [0.25, 0.3) is 5.91 Å². The SMILES string of the molecule is COc1ccc(C(=O)NC(C)c2cccs2)cc1S(=O)(=O)NC1CCCCC1C. The summed E-state index contributed by atoms with van der Waals surface area (Å²) < 4.78 is 34.3. The fourth-order valence-corrected chi connectivity index (χ4v) is 5.98. The summed E-state index contributed by atoms with van der Waals surface area (Å²) in [5.74, 6) is 0.183. The molecular formula is C21H28N2O4S2. The summed E-state index contributed by atoms with van der Waals surface area (Å²) in [6, 6.07) is 8.13. The molecule has 0 radical (unpaired) electrons. The monoisotopic (exact) mass is 436 g/mol. The first kappa shape index (κ1) is 21.8. The van der Waals surface area contributed by atoms with Crippen LogP contribution in [-0.4, -0.2) is 27.5 Å². The van der Waals surface area contributed by atoms with Gasteiger partial charge in [0.05, 0.1) is 13.2 Å². The van der Waals surface area contributed by atoms with E-state index < -0.39 is 10.0 Å². The molecule has 0 bridgehead atoms. The van der Waals surface area contributed by atoms with E-state index in [4.69, 9.17) is 4.74 Å². The van der Waals surface area contributed by atoms with Crippen molar-refractivity contribution in [1.29, 1.82) is 0 Å². The third-order valence-corrected chi connectivity index (χ3v) is 8.02. The number of thiophene rings is 1. The number of rotatable bonds is 7. The summed E-state index contributed by atoms with van der Waals surface area (Å²) in [4.78, 5) is 13.7. The topological polar surface area (TPSA) is 84.5 Å². The molecule has 2 aromatic rings. The average Bonchev–Trinajstić information content (AvgIpc) is 3.24. The Morgan fingerprint density at radius 2 is 2.00 bits per heavy atom. The molecule has 1 saturated carbocycles. The molecule has 158 valence electrons. The van der Waals surface area contributed by atoms with E-state index in [1.807, 2.05) is 24.4 Å². The maximum absolute atomic E-state index is 13.1. The van der Waals surface area contributed by atoms with Crippen molar-refractivity contribution in [2.75, 3.05) is 7.11 Å². The van der Waals surface area contributed by atoms with E-state index in [9.17, 15) is 13.2 Å². The lowest BCUT2D eigenvalue weighted by Gasteiger charge is -2.29. The van der Waals surface area contributed by atoms with E-state index in [2.05, 4.69) is 17.0 Å². The Hall–Kier alpha value is -1.90. The van der Waals surface area contributed by atoms with Gasteiger partial charge in [-0.05, 0) is 55.3 Å². The van der Waals surface area contributed by atoms with Crippen molar-refractivity contribution in [2.45, 2.75) is 56.5 Å². The van der Waals surface area contributed by atoms with Crippen LogP contribution in [-0.2, 0) is 10.0 Å². The molecule has 3 unspecified atom stereocenters. The Labute approximate surface area is 176 Å². The molecule has 1 aromatic heterocycles. The summed E-state index contributed by atoms with van der Waals surface area (Å²) in [6.07, 6.45) is 3.97. The zero-order valence-electron chi connectivity index (χ0n) is 17.0. The van der Waals surface area contributed by atoms with E-state index in [1.54, 1.807) is 17.4 Å². The predicted octanol–water partition coefficient (Wildman–Crippen LogP) is 4.10. The van der Waals surface area contributed by atoms with Gasteiger partial charge < -0.3 is 10.1 Å². The van der Waals surface area contributed by atoms with E-state index >= 15 is 0 Å². The van der Waals surface area contributed by atoms with Gasteiger partial charge in [-0.25, -0.2) is 13.1 Å². The number of carbonyl (C=O) groups is 1. The predicted molar refractivity (Wildman–Crippen MR) is 115 cm³/mol. The molecule has 1 aromatic carbocycles. The minimum Gasteiger partial charge on any atom is -0.495 e. The van der Waals surface area contributed by atoms with Crippen molar-refractivity contribution >= 4 is 27.3 Å². The molecule has 1 heterocycles. The number of carbonyl (C=O) groups excluding carboxylic acids is 1. The van der Waals surface area contributed by atoms with Crippen molar-refractivity contribution in [2.24, 2.45) is 5.92 Å². The summed E-state index contributed by atoms with van der Waals surface area (Å²) in [5, 5.41) is 4.87. The second-order valence-electron chi connectivity index (χ2n) is 7.57. The molecule has 3 atom stereocenters. The average molecular weight is 437 g/mol. The normalized spacial score (nSPS) is 20.8. The molecule has 29 heavy (non-hydrogen) atoms. The Balaban J connectivity index is 1.83. The van der Waals surface area contributed by atoms with Crippen LogP contribution >= 0.6 is 11.3 Å². The third-order valence-electron chi connectivity index (χ3n) is 5.45. The quantitative estimate of drug-likeness (QED) is 0.684. The molecule has 1 fully saturated rings. The largest absolute Gasteiger partial charge is 0.495 e. The van der Waals surface area contributed by atoms with Crippen molar-refractivity contribution in [1.82, 2.24) is 10.0 Å². The van der Waals surface area contributed by atoms with E-state index in [0.717, 1.165) is 30.6 Å². The molecule has 0 aliphatic heterocycles. The fourth-order valence-electron chi connectivity index (χ4n) is 3.67. The molecule has 0 spiro atoms. The summed E-state index contributed by atoms with van der Waals surface area (Å²) in [6.45, 7) is 3.97. The van der Waals surface area contributed by atoms with Gasteiger partial charge in [0.2, 0.25) is 10.0 Å². The number of ether oxygens (including phenoxy) is 1. The lowest BCUT2D eigenvalue weighted by molar-refractivity contribution is 0.0940. The Morgan fingerprint density at radius 1 is 1.24 bits per heavy atom. The number of nitrogens with one attached hydrogen (secondary N) is 2. The first-order valence-corrected chi connectivity index (χ1v) is 12.2. The second kappa shape index (κ2) is 9.28. The minimum absolute atomic E-state index is 0.00537. The highest BCUT2D eigenvalue weighted by molar-refractivity contribution is 7.89. The lowest BCUT2D eigenvalue weighted by atomic mass is 9.87. The van der Waals surface area contributed by atoms with Crippen molar-refractivity contribution in [3.63, 3.8) is 0 Å². The highest BCUT2D eigenvalue weighted by atomic mass is 32.2. The first-order valence-electron chi connectivity index (χ1n) is 9.86. The Kier molecular flexibility index (Phi) is 6.97. The van der Waals surface area contributed by atoms with E-state index in [0.29, 0.717) is 0 Å². The van der Waals surface area contributed by atoms with E-state index in [1.165, 1.54) is 19.2 Å². The second-order valence-corrected chi connectivity index (χ2v) is 10.2. The van der Waals surface area contributed by atoms with Gasteiger partial charge in [-0.15, -0.1) is 11.3 Å². The molecule has 3 rings (SSSR count). The molecule has 6 nitrogen and oxygen atoms in total. The molecular weight excluding hydrogens is 408 g/mol. The van der Waals surface area contributed by atoms with Crippen LogP contribution in [0.15, 0.2) is 40.6 Å². The fraction of sp³-hybridized carbons (Fsp3) is 0.476. The summed E-state index contributed by atoms with van der Waals surface area (Å²) in [7, 11) is -2.39. The van der Waals surface area contributed by atoms with E-state index in [-0.39, 0.29) is 40.1 Å². The Bertz CT molecular complexity index is 942. The van der Waals surface area contributed by atoms with Crippen molar-refractivity contribution in [3.8, 4) is 5.75 Å². The zero-order valence-corrected chi connectivity index (χ0v) is 18.6. The summed E-state index contributed by atoms with van der Waals surface area (Å²) >= 11 is 1.56. The van der Waals surface area contributed by atoms with Crippen LogP contribution in [0.1, 0.15) is 60.8 Å². The molecule has 1 aliphatic carbocycles. The number of benzene rings is 1. The highest BCUT2D eigenvalue weighted by Crippen LogP contribution is 2.29. The number of methoxy groups -OCH3 is 1.